The first kappa shape index (κ1) is 9.46. The summed E-state index contributed by atoms with van der Waals surface area (Å²) in [4.78, 5) is 0. The average molecular weight is 204 g/mol. The summed E-state index contributed by atoms with van der Waals surface area (Å²) in [5.74, 6) is 2.11. The van der Waals surface area contributed by atoms with E-state index in [0.29, 0.717) is 12.5 Å². The number of rotatable bonds is 3. The fourth-order valence-electron chi connectivity index (χ4n) is 2.79. The third-order valence-corrected chi connectivity index (χ3v) is 3.94. The normalized spacial score (nSPS) is 38.4. The Morgan fingerprint density at radius 2 is 2.08 bits per heavy atom. The zero-order valence-electron chi connectivity index (χ0n) is 7.90. The highest BCUT2D eigenvalue weighted by atomic mass is 32.2. The predicted molar refractivity (Wildman–Crippen MR) is 49.7 cm³/mol. The second kappa shape index (κ2) is 3.24. The van der Waals surface area contributed by atoms with Crippen LogP contribution in [0.4, 0.5) is 0 Å². The molecule has 0 N–H and O–H groups in total. The van der Waals surface area contributed by atoms with E-state index in [-0.39, 0.29) is 0 Å². The minimum Gasteiger partial charge on any atom is -0.270 e. The van der Waals surface area contributed by atoms with E-state index in [2.05, 4.69) is 0 Å². The molecule has 2 rings (SSSR count). The first-order valence-corrected chi connectivity index (χ1v) is 6.70. The molecule has 0 aromatic carbocycles. The maximum atomic E-state index is 10.8. The highest BCUT2D eigenvalue weighted by Crippen LogP contribution is 2.48. The maximum absolute atomic E-state index is 10.8. The maximum Gasteiger partial charge on any atom is 0.264 e. The molecule has 3 nitrogen and oxygen atoms in total. The highest BCUT2D eigenvalue weighted by molar-refractivity contribution is 7.85. The van der Waals surface area contributed by atoms with Gasteiger partial charge in [-0.15, -0.1) is 0 Å². The van der Waals surface area contributed by atoms with Crippen molar-refractivity contribution < 1.29 is 12.6 Å². The molecule has 2 bridgehead atoms. The Bertz CT molecular complexity index is 283. The first-order chi connectivity index (χ1) is 6.04. The van der Waals surface area contributed by atoms with Crippen LogP contribution in [0.2, 0.25) is 0 Å². The molecule has 0 spiro atoms. The Morgan fingerprint density at radius 3 is 2.54 bits per heavy atom. The third kappa shape index (κ3) is 2.23. The van der Waals surface area contributed by atoms with E-state index in [4.69, 9.17) is 4.18 Å². The van der Waals surface area contributed by atoms with Gasteiger partial charge in [0.1, 0.15) is 0 Å². The summed E-state index contributed by atoms with van der Waals surface area (Å²) in [6.45, 7) is 0.417. The lowest BCUT2D eigenvalue weighted by Gasteiger charge is -2.20. The summed E-state index contributed by atoms with van der Waals surface area (Å²) in [7, 11) is -3.23. The second-order valence-electron chi connectivity index (χ2n) is 4.42. The van der Waals surface area contributed by atoms with E-state index in [9.17, 15) is 8.42 Å². The molecule has 2 fully saturated rings. The quantitative estimate of drug-likeness (QED) is 0.653. The average Bonchev–Trinajstić information content (AvgIpc) is 2.58. The van der Waals surface area contributed by atoms with Crippen molar-refractivity contribution in [3.05, 3.63) is 0 Å². The van der Waals surface area contributed by atoms with Gasteiger partial charge in [-0.3, -0.25) is 4.18 Å². The van der Waals surface area contributed by atoms with Crippen LogP contribution >= 0.6 is 0 Å². The molecule has 2 saturated carbocycles. The van der Waals surface area contributed by atoms with Crippen molar-refractivity contribution in [2.45, 2.75) is 25.7 Å². The molecule has 13 heavy (non-hydrogen) atoms. The Kier molecular flexibility index (Phi) is 2.36. The van der Waals surface area contributed by atoms with Crippen LogP contribution < -0.4 is 0 Å². The molecule has 0 amide bonds. The number of hydrogen-bond acceptors (Lipinski definition) is 3. The summed E-state index contributed by atoms with van der Waals surface area (Å²) in [6, 6.07) is 0. The zero-order valence-corrected chi connectivity index (χ0v) is 8.72. The Balaban J connectivity index is 1.84. The molecule has 0 saturated heterocycles. The topological polar surface area (TPSA) is 43.4 Å². The second-order valence-corrected chi connectivity index (χ2v) is 6.07. The molecule has 0 aliphatic heterocycles. The number of fused-ring (bicyclic) bond motifs is 2. The van der Waals surface area contributed by atoms with Crippen LogP contribution in [0.5, 0.6) is 0 Å². The molecule has 0 unspecified atom stereocenters. The standard InChI is InChI=1S/C9H16O3S/c1-13(10,11)12-6-9-5-7-2-3-8(9)4-7/h7-9H,2-6H2,1H3/t7-,8-,9-/m0/s1. The van der Waals surface area contributed by atoms with E-state index >= 15 is 0 Å². The van der Waals surface area contributed by atoms with Gasteiger partial charge in [0.2, 0.25) is 0 Å². The summed E-state index contributed by atoms with van der Waals surface area (Å²) >= 11 is 0. The molecular weight excluding hydrogens is 188 g/mol. The molecule has 2 aliphatic rings. The van der Waals surface area contributed by atoms with Crippen LogP contribution in [0.25, 0.3) is 0 Å². The predicted octanol–water partition coefficient (Wildman–Crippen LogP) is 1.40. The van der Waals surface area contributed by atoms with Crippen LogP contribution in [0.1, 0.15) is 25.7 Å². The van der Waals surface area contributed by atoms with E-state index < -0.39 is 10.1 Å². The number of hydrogen-bond donors (Lipinski definition) is 0. The minimum absolute atomic E-state index is 0.417. The molecular formula is C9H16O3S. The molecule has 2 aliphatic carbocycles. The van der Waals surface area contributed by atoms with Crippen molar-refractivity contribution in [2.75, 3.05) is 12.9 Å². The Morgan fingerprint density at radius 1 is 1.31 bits per heavy atom. The van der Waals surface area contributed by atoms with Crippen molar-refractivity contribution in [1.82, 2.24) is 0 Å². The molecule has 0 heterocycles. The summed E-state index contributed by atoms with van der Waals surface area (Å²) in [5.41, 5.74) is 0. The molecule has 76 valence electrons. The summed E-state index contributed by atoms with van der Waals surface area (Å²) < 4.78 is 26.4. The summed E-state index contributed by atoms with van der Waals surface area (Å²) in [5, 5.41) is 0. The van der Waals surface area contributed by atoms with Gasteiger partial charge in [-0.2, -0.15) is 8.42 Å². The van der Waals surface area contributed by atoms with Crippen molar-refractivity contribution in [1.29, 1.82) is 0 Å². The Hall–Kier alpha value is -0.0900. The fraction of sp³-hybridized carbons (Fsp3) is 1.00. The summed E-state index contributed by atoms with van der Waals surface area (Å²) in [6.07, 6.45) is 6.24. The molecule has 0 radical (unpaired) electrons. The van der Waals surface area contributed by atoms with Gasteiger partial charge in [-0.25, -0.2) is 0 Å². The monoisotopic (exact) mass is 204 g/mol. The van der Waals surface area contributed by atoms with Crippen molar-refractivity contribution in [3.8, 4) is 0 Å². The van der Waals surface area contributed by atoms with Gasteiger partial charge in [-0.1, -0.05) is 6.42 Å². The van der Waals surface area contributed by atoms with Crippen LogP contribution in [0.15, 0.2) is 0 Å². The lowest BCUT2D eigenvalue weighted by molar-refractivity contribution is 0.201. The van der Waals surface area contributed by atoms with Gasteiger partial charge < -0.3 is 0 Å². The van der Waals surface area contributed by atoms with Gasteiger partial charge in [0, 0.05) is 0 Å². The van der Waals surface area contributed by atoms with Gasteiger partial charge in [0.25, 0.3) is 10.1 Å². The van der Waals surface area contributed by atoms with Gasteiger partial charge in [0.05, 0.1) is 12.9 Å². The molecule has 3 atom stereocenters. The van der Waals surface area contributed by atoms with Crippen molar-refractivity contribution in [3.63, 3.8) is 0 Å². The molecule has 4 heteroatoms. The van der Waals surface area contributed by atoms with Crippen molar-refractivity contribution >= 4 is 10.1 Å². The lowest BCUT2D eigenvalue weighted by Crippen LogP contribution is -2.18. The van der Waals surface area contributed by atoms with E-state index in [1.165, 1.54) is 25.7 Å². The molecule has 0 aromatic rings. The Labute approximate surface area is 79.6 Å². The van der Waals surface area contributed by atoms with Gasteiger partial charge in [0.15, 0.2) is 0 Å². The van der Waals surface area contributed by atoms with Crippen LogP contribution in [-0.4, -0.2) is 21.3 Å². The largest absolute Gasteiger partial charge is 0.270 e. The van der Waals surface area contributed by atoms with Crippen molar-refractivity contribution in [2.24, 2.45) is 17.8 Å². The van der Waals surface area contributed by atoms with E-state index in [0.717, 1.165) is 18.1 Å². The first-order valence-electron chi connectivity index (χ1n) is 4.89. The SMILES string of the molecule is CS(=O)(=O)OC[C@@H]1C[C@H]2CC[C@H]1C2. The lowest BCUT2D eigenvalue weighted by atomic mass is 9.90. The zero-order chi connectivity index (χ0) is 9.47. The fourth-order valence-corrected chi connectivity index (χ4v) is 3.21. The van der Waals surface area contributed by atoms with Crippen LogP contribution in [0, 0.1) is 17.8 Å². The van der Waals surface area contributed by atoms with E-state index in [1.54, 1.807) is 0 Å². The highest BCUT2D eigenvalue weighted by Gasteiger charge is 2.39. The molecule has 0 aromatic heterocycles. The van der Waals surface area contributed by atoms with Crippen LogP contribution in [0.3, 0.4) is 0 Å². The van der Waals surface area contributed by atoms with Gasteiger partial charge in [-0.05, 0) is 37.0 Å². The smallest absolute Gasteiger partial charge is 0.264 e. The van der Waals surface area contributed by atoms with Gasteiger partial charge >= 0.3 is 0 Å². The third-order valence-electron chi connectivity index (χ3n) is 3.38. The van der Waals surface area contributed by atoms with Crippen LogP contribution in [-0.2, 0) is 14.3 Å². The van der Waals surface area contributed by atoms with E-state index in [1.807, 2.05) is 0 Å². The minimum atomic E-state index is -3.23.